The molecule has 0 radical (unpaired) electrons. The monoisotopic (exact) mass is 344 g/mol. The van der Waals surface area contributed by atoms with Gasteiger partial charge in [-0.3, -0.25) is 14.6 Å². The summed E-state index contributed by atoms with van der Waals surface area (Å²) in [4.78, 5) is 26.8. The third kappa shape index (κ3) is 4.55. The molecule has 134 valence electrons. The van der Waals surface area contributed by atoms with E-state index in [2.05, 4.69) is 10.3 Å². The molecule has 0 aromatic carbocycles. The van der Waals surface area contributed by atoms with Crippen LogP contribution in [0.4, 0.5) is 0 Å². The number of ketones is 1. The van der Waals surface area contributed by atoms with Crippen LogP contribution in [0.15, 0.2) is 23.8 Å². The van der Waals surface area contributed by atoms with Gasteiger partial charge < -0.3 is 14.6 Å². The van der Waals surface area contributed by atoms with E-state index in [4.69, 9.17) is 9.31 Å². The largest absolute Gasteiger partial charge is 0.492 e. The molecule has 1 N–H and O–H groups in total. The van der Waals surface area contributed by atoms with Gasteiger partial charge >= 0.3 is 7.12 Å². The summed E-state index contributed by atoms with van der Waals surface area (Å²) in [5.41, 5.74) is 1.07. The minimum Gasteiger partial charge on any atom is -0.400 e. The molecule has 0 bridgehead atoms. The van der Waals surface area contributed by atoms with Crippen LogP contribution >= 0.6 is 0 Å². The zero-order valence-electron chi connectivity index (χ0n) is 15.7. The van der Waals surface area contributed by atoms with Crippen LogP contribution < -0.4 is 5.32 Å². The van der Waals surface area contributed by atoms with E-state index in [0.29, 0.717) is 12.2 Å². The van der Waals surface area contributed by atoms with Gasteiger partial charge in [0.1, 0.15) is 5.69 Å². The predicted octanol–water partition coefficient (Wildman–Crippen LogP) is 2.44. The Morgan fingerprint density at radius 2 is 1.76 bits per heavy atom. The van der Waals surface area contributed by atoms with E-state index in [1.165, 1.54) is 13.8 Å². The third-order valence-electron chi connectivity index (χ3n) is 4.60. The van der Waals surface area contributed by atoms with Gasteiger partial charge in [0, 0.05) is 26.6 Å². The number of carbonyl (C=O) groups is 2. The Morgan fingerprint density at radius 3 is 2.20 bits per heavy atom. The molecule has 0 atom stereocenters. The van der Waals surface area contributed by atoms with E-state index in [1.807, 2.05) is 39.8 Å². The zero-order chi connectivity index (χ0) is 18.8. The molecule has 1 saturated heterocycles. The number of nitrogens with one attached hydrogen (secondary N) is 1. The molecule has 0 saturated carbocycles. The van der Waals surface area contributed by atoms with Gasteiger partial charge in [-0.15, -0.1) is 0 Å². The van der Waals surface area contributed by atoms with E-state index in [9.17, 15) is 9.59 Å². The summed E-state index contributed by atoms with van der Waals surface area (Å²) in [6, 6.07) is 3.48. The highest BCUT2D eigenvalue weighted by Gasteiger charge is 2.52. The number of amides is 1. The van der Waals surface area contributed by atoms with Gasteiger partial charge in [-0.1, -0.05) is 12.1 Å². The summed E-state index contributed by atoms with van der Waals surface area (Å²) in [5, 5.41) is 2.79. The van der Waals surface area contributed by atoms with Crippen molar-refractivity contribution in [2.45, 2.75) is 52.7 Å². The van der Waals surface area contributed by atoms with Crippen molar-refractivity contribution in [3.05, 3.63) is 35.1 Å². The highest BCUT2D eigenvalue weighted by molar-refractivity contribution is 6.56. The standard InChI is InChI=1S/C18H25BN2O4/c1-12(22)16-8-7-14(10-21-16)9-15(11-20-13(2)23)19-24-17(3,4)18(5,6)25-19/h7-10H,11H2,1-6H3,(H,20,23). The lowest BCUT2D eigenvalue weighted by atomic mass is 9.77. The molecule has 0 aliphatic carbocycles. The van der Waals surface area contributed by atoms with Crippen molar-refractivity contribution >= 4 is 24.9 Å². The Labute approximate surface area is 149 Å². The van der Waals surface area contributed by atoms with Gasteiger partial charge in [0.05, 0.1) is 11.2 Å². The number of hydrogen-bond donors (Lipinski definition) is 1. The molecule has 1 fully saturated rings. The molecule has 1 aliphatic rings. The van der Waals surface area contributed by atoms with Crippen molar-refractivity contribution in [1.82, 2.24) is 10.3 Å². The van der Waals surface area contributed by atoms with Crippen molar-refractivity contribution in [1.29, 1.82) is 0 Å². The lowest BCUT2D eigenvalue weighted by Crippen LogP contribution is -2.41. The summed E-state index contributed by atoms with van der Waals surface area (Å²) in [6.07, 6.45) is 3.49. The molecular weight excluding hydrogens is 319 g/mol. The number of aromatic nitrogens is 1. The first-order valence-corrected chi connectivity index (χ1v) is 8.29. The predicted molar refractivity (Wildman–Crippen MR) is 97.0 cm³/mol. The van der Waals surface area contributed by atoms with Crippen LogP contribution in [0.2, 0.25) is 0 Å². The van der Waals surface area contributed by atoms with Crippen LogP contribution in [-0.2, 0) is 14.1 Å². The van der Waals surface area contributed by atoms with Gasteiger partial charge in [-0.05, 0) is 44.8 Å². The molecular formula is C18H25BN2O4. The molecule has 25 heavy (non-hydrogen) atoms. The van der Waals surface area contributed by atoms with E-state index < -0.39 is 18.3 Å². The lowest BCUT2D eigenvalue weighted by molar-refractivity contribution is -0.118. The first-order chi connectivity index (χ1) is 11.5. The van der Waals surface area contributed by atoms with Gasteiger partial charge in [0.15, 0.2) is 5.78 Å². The third-order valence-corrected chi connectivity index (χ3v) is 4.60. The molecule has 0 unspecified atom stereocenters. The molecule has 1 aromatic rings. The minimum atomic E-state index is -0.565. The van der Waals surface area contributed by atoms with Crippen LogP contribution in [-0.4, -0.2) is 41.5 Å². The topological polar surface area (TPSA) is 77.5 Å². The van der Waals surface area contributed by atoms with Crippen LogP contribution in [0.1, 0.15) is 57.6 Å². The highest BCUT2D eigenvalue weighted by atomic mass is 16.7. The van der Waals surface area contributed by atoms with Gasteiger partial charge in [0.2, 0.25) is 5.91 Å². The molecule has 7 heteroatoms. The number of carbonyl (C=O) groups excluding carboxylic acids is 2. The van der Waals surface area contributed by atoms with Gasteiger partial charge in [0.25, 0.3) is 0 Å². The van der Waals surface area contributed by atoms with Crippen molar-refractivity contribution in [2.75, 3.05) is 6.54 Å². The molecule has 1 aromatic heterocycles. The average Bonchev–Trinajstić information content (AvgIpc) is 2.72. The Bertz CT molecular complexity index is 680. The minimum absolute atomic E-state index is 0.0834. The molecule has 1 amide bonds. The fourth-order valence-corrected chi connectivity index (χ4v) is 2.34. The van der Waals surface area contributed by atoms with Crippen LogP contribution in [0.25, 0.3) is 6.08 Å². The van der Waals surface area contributed by atoms with Crippen molar-refractivity contribution < 1.29 is 18.9 Å². The van der Waals surface area contributed by atoms with Crippen molar-refractivity contribution in [3.8, 4) is 0 Å². The zero-order valence-corrected chi connectivity index (χ0v) is 15.7. The highest BCUT2D eigenvalue weighted by Crippen LogP contribution is 2.38. The van der Waals surface area contributed by atoms with E-state index in [0.717, 1.165) is 11.0 Å². The SMILES string of the molecule is CC(=O)NCC(=Cc1ccc(C(C)=O)nc1)B1OC(C)(C)C(C)(C)O1. The fourth-order valence-electron chi connectivity index (χ4n) is 2.34. The summed E-state index contributed by atoms with van der Waals surface area (Å²) < 4.78 is 12.2. The van der Waals surface area contributed by atoms with Crippen molar-refractivity contribution in [3.63, 3.8) is 0 Å². The fraction of sp³-hybridized carbons (Fsp3) is 0.500. The van der Waals surface area contributed by atoms with Crippen LogP contribution in [0.5, 0.6) is 0 Å². The second-order valence-corrected chi connectivity index (χ2v) is 7.25. The molecule has 1 aliphatic heterocycles. The maximum atomic E-state index is 11.3. The summed E-state index contributed by atoms with van der Waals surface area (Å²) in [6.45, 7) is 11.2. The van der Waals surface area contributed by atoms with Gasteiger partial charge in [-0.25, -0.2) is 0 Å². The van der Waals surface area contributed by atoms with E-state index >= 15 is 0 Å². The maximum absolute atomic E-state index is 11.3. The summed E-state index contributed by atoms with van der Waals surface area (Å²) >= 11 is 0. The normalized spacial score (nSPS) is 19.0. The smallest absolute Gasteiger partial charge is 0.400 e. The number of rotatable bonds is 5. The Hall–Kier alpha value is -1.99. The molecule has 2 rings (SSSR count). The van der Waals surface area contributed by atoms with Crippen LogP contribution in [0.3, 0.4) is 0 Å². The van der Waals surface area contributed by atoms with E-state index in [1.54, 1.807) is 12.3 Å². The second-order valence-electron chi connectivity index (χ2n) is 7.25. The van der Waals surface area contributed by atoms with Crippen molar-refractivity contribution in [2.24, 2.45) is 0 Å². The first-order valence-electron chi connectivity index (χ1n) is 8.29. The quantitative estimate of drug-likeness (QED) is 0.656. The summed E-state index contributed by atoms with van der Waals surface area (Å²) in [5.74, 6) is -0.215. The molecule has 0 spiro atoms. The summed E-state index contributed by atoms with van der Waals surface area (Å²) in [7, 11) is -0.565. The number of Topliss-reactive ketones (excluding diaryl/α,β-unsaturated/α-hetero) is 1. The second kappa shape index (κ2) is 7.10. The Balaban J connectivity index is 2.29. The number of nitrogens with zero attached hydrogens (tertiary/aromatic N) is 1. The molecule has 2 heterocycles. The van der Waals surface area contributed by atoms with Gasteiger partial charge in [-0.2, -0.15) is 0 Å². The average molecular weight is 344 g/mol. The van der Waals surface area contributed by atoms with E-state index in [-0.39, 0.29) is 11.7 Å². The Kier molecular flexibility index (Phi) is 5.49. The lowest BCUT2D eigenvalue weighted by Gasteiger charge is -2.32. The van der Waals surface area contributed by atoms with Crippen LogP contribution in [0, 0.1) is 0 Å². The Morgan fingerprint density at radius 1 is 1.16 bits per heavy atom. The first kappa shape index (κ1) is 19.3. The maximum Gasteiger partial charge on any atom is 0.492 e. The number of hydrogen-bond acceptors (Lipinski definition) is 5. The molecule has 6 nitrogen and oxygen atoms in total. The number of pyridine rings is 1.